The first-order chi connectivity index (χ1) is 13.5. The fraction of sp³-hybridized carbons (Fsp3) is 0.680. The van der Waals surface area contributed by atoms with E-state index in [9.17, 15) is 14.7 Å². The van der Waals surface area contributed by atoms with Crippen molar-refractivity contribution in [3.05, 3.63) is 34.9 Å². The molecule has 0 fully saturated rings. The fourth-order valence-corrected chi connectivity index (χ4v) is 3.50. The van der Waals surface area contributed by atoms with Crippen molar-refractivity contribution in [3.8, 4) is 0 Å². The Balaban J connectivity index is 2.37. The molecule has 1 aromatic rings. The van der Waals surface area contributed by atoms with Gasteiger partial charge in [-0.15, -0.1) is 0 Å². The van der Waals surface area contributed by atoms with Crippen LogP contribution in [0.5, 0.6) is 0 Å². The van der Waals surface area contributed by atoms with Gasteiger partial charge in [-0.05, 0) is 89.8 Å². The Morgan fingerprint density at radius 2 is 1.24 bits per heavy atom. The van der Waals surface area contributed by atoms with Crippen LogP contribution in [0.15, 0.2) is 18.2 Å². The van der Waals surface area contributed by atoms with E-state index in [-0.39, 0.29) is 0 Å². The minimum Gasteiger partial charge on any atom is -0.481 e. The van der Waals surface area contributed by atoms with Gasteiger partial charge in [-0.3, -0.25) is 9.59 Å². The highest BCUT2D eigenvalue weighted by Crippen LogP contribution is 2.25. The molecule has 0 heterocycles. The van der Waals surface area contributed by atoms with Crippen molar-refractivity contribution in [1.82, 2.24) is 0 Å². The molecule has 4 nitrogen and oxygen atoms in total. The minimum atomic E-state index is -0.721. The van der Waals surface area contributed by atoms with Crippen LogP contribution < -0.4 is 0 Å². The van der Waals surface area contributed by atoms with Gasteiger partial charge in [0.2, 0.25) is 0 Å². The summed E-state index contributed by atoms with van der Waals surface area (Å²) < 4.78 is 0. The predicted molar refractivity (Wildman–Crippen MR) is 118 cm³/mol. The highest BCUT2D eigenvalue weighted by atomic mass is 16.4. The summed E-state index contributed by atoms with van der Waals surface area (Å²) in [6, 6.07) is 6.70. The van der Waals surface area contributed by atoms with Gasteiger partial charge in [0.05, 0.1) is 10.8 Å². The average molecular weight is 405 g/mol. The van der Waals surface area contributed by atoms with Gasteiger partial charge in [0, 0.05) is 0 Å². The number of unbranched alkanes of at least 4 members (excludes halogenated alkanes) is 4. The van der Waals surface area contributed by atoms with Crippen molar-refractivity contribution < 1.29 is 19.8 Å². The molecule has 0 unspecified atom stereocenters. The molecule has 2 N–H and O–H groups in total. The molecule has 0 atom stereocenters. The van der Waals surface area contributed by atoms with Crippen LogP contribution in [0.4, 0.5) is 0 Å². The second-order valence-electron chi connectivity index (χ2n) is 9.76. The quantitative estimate of drug-likeness (QED) is 0.351. The van der Waals surface area contributed by atoms with E-state index in [2.05, 4.69) is 25.1 Å². The van der Waals surface area contributed by atoms with E-state index in [1.54, 1.807) is 27.7 Å². The van der Waals surface area contributed by atoms with Crippen molar-refractivity contribution in [2.75, 3.05) is 0 Å². The van der Waals surface area contributed by atoms with E-state index in [1.807, 2.05) is 0 Å². The van der Waals surface area contributed by atoms with Crippen LogP contribution in [0, 0.1) is 17.8 Å². The highest BCUT2D eigenvalue weighted by Gasteiger charge is 2.26. The van der Waals surface area contributed by atoms with Crippen LogP contribution >= 0.6 is 0 Å². The number of aryl methyl sites for hydroxylation is 3. The zero-order valence-electron chi connectivity index (χ0n) is 19.0. The molecule has 1 rings (SSSR count). The number of carbonyl (C=O) groups is 2. The van der Waals surface area contributed by atoms with Crippen LogP contribution in [-0.2, 0) is 22.4 Å². The van der Waals surface area contributed by atoms with E-state index < -0.39 is 22.8 Å². The maximum atomic E-state index is 11.2. The highest BCUT2D eigenvalue weighted by molar-refractivity contribution is 5.73. The van der Waals surface area contributed by atoms with Crippen LogP contribution in [0.3, 0.4) is 0 Å². The molecule has 0 amide bonds. The monoisotopic (exact) mass is 404 g/mol. The topological polar surface area (TPSA) is 74.6 Å². The van der Waals surface area contributed by atoms with Gasteiger partial charge >= 0.3 is 11.9 Å². The Kier molecular flexibility index (Phi) is 9.88. The first kappa shape index (κ1) is 25.2. The second-order valence-corrected chi connectivity index (χ2v) is 9.76. The van der Waals surface area contributed by atoms with E-state index in [0.29, 0.717) is 6.42 Å². The van der Waals surface area contributed by atoms with Gasteiger partial charge in [-0.1, -0.05) is 43.9 Å². The third-order valence-electron chi connectivity index (χ3n) is 6.09. The van der Waals surface area contributed by atoms with E-state index >= 15 is 0 Å². The van der Waals surface area contributed by atoms with Crippen LogP contribution in [0.2, 0.25) is 0 Å². The number of hydrogen-bond donors (Lipinski definition) is 2. The second kappa shape index (κ2) is 11.4. The summed E-state index contributed by atoms with van der Waals surface area (Å²) in [5, 5.41) is 18.4. The van der Waals surface area contributed by atoms with Crippen molar-refractivity contribution >= 4 is 11.9 Å². The lowest BCUT2D eigenvalue weighted by Gasteiger charge is -2.18. The maximum absolute atomic E-state index is 11.2. The molecule has 1 aromatic carbocycles. The Hall–Kier alpha value is -1.84. The molecule has 164 valence electrons. The van der Waals surface area contributed by atoms with Crippen LogP contribution in [-0.4, -0.2) is 22.2 Å². The summed E-state index contributed by atoms with van der Waals surface area (Å²) in [6.07, 6.45) is 9.73. The van der Waals surface area contributed by atoms with E-state index in [1.165, 1.54) is 16.7 Å². The molecule has 0 radical (unpaired) electrons. The summed E-state index contributed by atoms with van der Waals surface area (Å²) >= 11 is 0. The molecule has 0 aliphatic rings. The first-order valence-electron chi connectivity index (χ1n) is 11.0. The smallest absolute Gasteiger partial charge is 0.309 e. The molecule has 0 saturated heterocycles. The van der Waals surface area contributed by atoms with Gasteiger partial charge in [0.1, 0.15) is 0 Å². The minimum absolute atomic E-state index is 0.620. The molecular weight excluding hydrogens is 364 g/mol. The predicted octanol–water partition coefficient (Wildman–Crippen LogP) is 6.42. The normalized spacial score (nSPS) is 12.2. The number of carboxylic acids is 2. The molecule has 0 saturated carbocycles. The standard InChI is InChI=1S/C25H40O4/c1-19-14-15-20(12-9-11-17-25(4,5)23(28)29)18-21(19)13-8-6-7-10-16-24(2,3)22(26)27/h14-15,18H,6-13,16-17H2,1-5H3,(H,26,27)(H,28,29). The third-order valence-corrected chi connectivity index (χ3v) is 6.09. The Labute approximate surface area is 176 Å². The van der Waals surface area contributed by atoms with Crippen molar-refractivity contribution in [2.45, 2.75) is 98.8 Å². The summed E-state index contributed by atoms with van der Waals surface area (Å²) in [5.41, 5.74) is 2.80. The van der Waals surface area contributed by atoms with E-state index in [4.69, 9.17) is 5.11 Å². The maximum Gasteiger partial charge on any atom is 0.309 e. The third kappa shape index (κ3) is 9.01. The molecule has 0 aromatic heterocycles. The lowest BCUT2D eigenvalue weighted by atomic mass is 9.86. The summed E-state index contributed by atoms with van der Waals surface area (Å²) in [5.74, 6) is -1.43. The molecule has 29 heavy (non-hydrogen) atoms. The first-order valence-corrected chi connectivity index (χ1v) is 11.0. The molecule has 0 spiro atoms. The lowest BCUT2D eigenvalue weighted by Crippen LogP contribution is -2.23. The molecule has 0 bridgehead atoms. The number of carboxylic acid groups (broad SMARTS) is 2. The van der Waals surface area contributed by atoms with E-state index in [0.717, 1.165) is 57.8 Å². The fourth-order valence-electron chi connectivity index (χ4n) is 3.50. The molecule has 0 aliphatic heterocycles. The SMILES string of the molecule is Cc1ccc(CCCCC(C)(C)C(=O)O)cc1CCCCCCC(C)(C)C(=O)O. The van der Waals surface area contributed by atoms with Crippen LogP contribution in [0.25, 0.3) is 0 Å². The summed E-state index contributed by atoms with van der Waals surface area (Å²) in [7, 11) is 0. The summed E-state index contributed by atoms with van der Waals surface area (Å²) in [4.78, 5) is 22.3. The average Bonchev–Trinajstić information content (AvgIpc) is 2.63. The lowest BCUT2D eigenvalue weighted by molar-refractivity contribution is -0.148. The van der Waals surface area contributed by atoms with Crippen LogP contribution in [0.1, 0.15) is 95.8 Å². The Morgan fingerprint density at radius 3 is 1.79 bits per heavy atom. The van der Waals surface area contributed by atoms with Crippen molar-refractivity contribution in [1.29, 1.82) is 0 Å². The van der Waals surface area contributed by atoms with Gasteiger partial charge in [-0.2, -0.15) is 0 Å². The Bertz CT molecular complexity index is 673. The zero-order chi connectivity index (χ0) is 22.1. The molecule has 0 aliphatic carbocycles. The zero-order valence-corrected chi connectivity index (χ0v) is 19.0. The summed E-state index contributed by atoms with van der Waals surface area (Å²) in [6.45, 7) is 9.34. The van der Waals surface area contributed by atoms with Crippen molar-refractivity contribution in [2.24, 2.45) is 10.8 Å². The molecular formula is C25H40O4. The number of rotatable bonds is 14. The largest absolute Gasteiger partial charge is 0.481 e. The molecule has 4 heteroatoms. The Morgan fingerprint density at radius 1 is 0.759 bits per heavy atom. The number of benzene rings is 1. The van der Waals surface area contributed by atoms with Gasteiger partial charge in [0.25, 0.3) is 0 Å². The van der Waals surface area contributed by atoms with Crippen molar-refractivity contribution in [3.63, 3.8) is 0 Å². The number of aliphatic carboxylic acids is 2. The van der Waals surface area contributed by atoms with Gasteiger partial charge in [0.15, 0.2) is 0 Å². The van der Waals surface area contributed by atoms with Gasteiger partial charge < -0.3 is 10.2 Å². The van der Waals surface area contributed by atoms with Gasteiger partial charge in [-0.25, -0.2) is 0 Å². The number of hydrogen-bond acceptors (Lipinski definition) is 2.